The van der Waals surface area contributed by atoms with Crippen LogP contribution < -0.4 is 10.6 Å². The van der Waals surface area contributed by atoms with Gasteiger partial charge in [0.25, 0.3) is 5.91 Å². The van der Waals surface area contributed by atoms with Crippen LogP contribution >= 0.6 is 11.6 Å². The highest BCUT2D eigenvalue weighted by Gasteiger charge is 2.24. The molecule has 1 amide bonds. The quantitative estimate of drug-likeness (QED) is 0.243. The summed E-state index contributed by atoms with van der Waals surface area (Å²) in [6, 6.07) is 13.5. The molecule has 1 unspecified atom stereocenters. The lowest BCUT2D eigenvalue weighted by molar-refractivity contribution is -0.139. The maximum absolute atomic E-state index is 13.0. The van der Waals surface area contributed by atoms with E-state index in [9.17, 15) is 14.7 Å². The molecule has 0 aliphatic carbocycles. The third-order valence-corrected chi connectivity index (χ3v) is 6.38. The van der Waals surface area contributed by atoms with Crippen molar-refractivity contribution >= 4 is 29.3 Å². The summed E-state index contributed by atoms with van der Waals surface area (Å²) in [4.78, 5) is 33.6. The van der Waals surface area contributed by atoms with Crippen molar-refractivity contribution in [1.82, 2.24) is 15.3 Å². The van der Waals surface area contributed by atoms with E-state index in [-0.39, 0.29) is 6.42 Å². The van der Waals surface area contributed by atoms with Crippen molar-refractivity contribution in [3.8, 4) is 11.3 Å². The number of rotatable bonds is 10. The minimum absolute atomic E-state index is 0.129. The molecule has 196 valence electrons. The van der Waals surface area contributed by atoms with E-state index in [1.807, 2.05) is 50.2 Å². The van der Waals surface area contributed by atoms with Crippen LogP contribution in [0.3, 0.4) is 0 Å². The Kier molecular flexibility index (Phi) is 8.43. The summed E-state index contributed by atoms with van der Waals surface area (Å²) < 4.78 is 5.86. The molecule has 0 fully saturated rings. The Morgan fingerprint density at radius 2 is 1.84 bits per heavy atom. The largest absolute Gasteiger partial charge is 0.480 e. The average molecular weight is 533 g/mol. The highest BCUT2D eigenvalue weighted by Crippen LogP contribution is 2.23. The minimum atomic E-state index is -1.11. The minimum Gasteiger partial charge on any atom is -0.480 e. The van der Waals surface area contributed by atoms with Gasteiger partial charge in [-0.05, 0) is 66.8 Å². The Balaban J connectivity index is 1.41. The summed E-state index contributed by atoms with van der Waals surface area (Å²) in [5.74, 6) is 0.321. The number of hydrogen-bond acceptors (Lipinski definition) is 6. The first-order valence-corrected chi connectivity index (χ1v) is 12.6. The van der Waals surface area contributed by atoms with Gasteiger partial charge in [0, 0.05) is 28.8 Å². The number of carbonyl (C=O) groups is 2. The number of aryl methyl sites for hydroxylation is 3. The van der Waals surface area contributed by atoms with Crippen molar-refractivity contribution in [2.24, 2.45) is 0 Å². The molecular formula is C29H29ClN4O4. The first-order chi connectivity index (χ1) is 18.2. The van der Waals surface area contributed by atoms with Crippen molar-refractivity contribution in [3.05, 3.63) is 99.7 Å². The molecule has 0 spiro atoms. The topological polar surface area (TPSA) is 117 Å². The zero-order valence-electron chi connectivity index (χ0n) is 21.4. The first kappa shape index (κ1) is 26.9. The Morgan fingerprint density at radius 1 is 1.08 bits per heavy atom. The molecule has 4 rings (SSSR count). The van der Waals surface area contributed by atoms with Crippen LogP contribution in [0.15, 0.2) is 65.3 Å². The average Bonchev–Trinajstić information content (AvgIpc) is 3.36. The van der Waals surface area contributed by atoms with E-state index in [0.717, 1.165) is 28.1 Å². The molecule has 2 aromatic carbocycles. The maximum Gasteiger partial charge on any atom is 0.326 e. The number of pyridine rings is 1. The van der Waals surface area contributed by atoms with E-state index in [1.165, 1.54) is 0 Å². The van der Waals surface area contributed by atoms with E-state index >= 15 is 0 Å². The third kappa shape index (κ3) is 6.58. The molecule has 0 aliphatic rings. The molecule has 4 aromatic rings. The van der Waals surface area contributed by atoms with Crippen molar-refractivity contribution in [2.75, 3.05) is 5.32 Å². The van der Waals surface area contributed by atoms with Crippen molar-refractivity contribution in [3.63, 3.8) is 0 Å². The van der Waals surface area contributed by atoms with Crippen molar-refractivity contribution in [2.45, 2.75) is 46.2 Å². The molecule has 8 nitrogen and oxygen atoms in total. The SMILES string of the molecule is CCc1cc(Cl)cc(C)c1C(=O)NC(Cc1ccc(-c2cnc(CNc3cc(C)ccn3)o2)cc1)C(=O)O. The number of oxazole rings is 1. The highest BCUT2D eigenvalue weighted by molar-refractivity contribution is 6.30. The standard InChI is InChI=1S/C29H29ClN4O4/c1-4-20-14-22(30)12-18(3)27(20)28(35)34-23(29(36)37)13-19-5-7-21(8-6-19)24-15-33-26(38-24)16-32-25-11-17(2)9-10-31-25/h5-12,14-15,23H,4,13,16H2,1-3H3,(H,31,32)(H,34,35)(H,36,37). The zero-order chi connectivity index (χ0) is 27.2. The van der Waals surface area contributed by atoms with Gasteiger partial charge in [-0.2, -0.15) is 0 Å². The zero-order valence-corrected chi connectivity index (χ0v) is 22.2. The van der Waals surface area contributed by atoms with Crippen LogP contribution in [0.25, 0.3) is 11.3 Å². The molecule has 0 saturated carbocycles. The second-order valence-corrected chi connectivity index (χ2v) is 9.50. The van der Waals surface area contributed by atoms with Crippen molar-refractivity contribution in [1.29, 1.82) is 0 Å². The second-order valence-electron chi connectivity index (χ2n) is 9.07. The van der Waals surface area contributed by atoms with E-state index in [1.54, 1.807) is 31.5 Å². The fourth-order valence-electron chi connectivity index (χ4n) is 4.21. The summed E-state index contributed by atoms with van der Waals surface area (Å²) in [6.45, 7) is 6.10. The molecule has 2 aromatic heterocycles. The van der Waals surface area contributed by atoms with E-state index in [2.05, 4.69) is 20.6 Å². The molecule has 0 bridgehead atoms. The van der Waals surface area contributed by atoms with Crippen LogP contribution in [-0.2, 0) is 24.2 Å². The lowest BCUT2D eigenvalue weighted by Gasteiger charge is -2.18. The summed E-state index contributed by atoms with van der Waals surface area (Å²) in [5.41, 5.74) is 4.62. The number of carboxylic acids is 1. The van der Waals surface area contributed by atoms with Gasteiger partial charge < -0.3 is 20.2 Å². The van der Waals surface area contributed by atoms with Gasteiger partial charge in [0.05, 0.1) is 12.7 Å². The van der Waals surface area contributed by atoms with E-state index in [4.69, 9.17) is 16.0 Å². The Hall–Kier alpha value is -4.17. The third-order valence-electron chi connectivity index (χ3n) is 6.16. The van der Waals surface area contributed by atoms with Crippen molar-refractivity contribution < 1.29 is 19.1 Å². The van der Waals surface area contributed by atoms with E-state index < -0.39 is 17.9 Å². The van der Waals surface area contributed by atoms with Gasteiger partial charge in [0.15, 0.2) is 5.76 Å². The fraction of sp³-hybridized carbons (Fsp3) is 0.241. The summed E-state index contributed by atoms with van der Waals surface area (Å²) in [6.07, 6.45) is 4.12. The smallest absolute Gasteiger partial charge is 0.326 e. The number of nitrogens with one attached hydrogen (secondary N) is 2. The Morgan fingerprint density at radius 3 is 2.53 bits per heavy atom. The predicted molar refractivity (Wildman–Crippen MR) is 146 cm³/mol. The number of benzene rings is 2. The van der Waals surface area contributed by atoms with Gasteiger partial charge in [-0.3, -0.25) is 4.79 Å². The van der Waals surface area contributed by atoms with Crippen LogP contribution in [0.2, 0.25) is 5.02 Å². The predicted octanol–water partition coefficient (Wildman–Crippen LogP) is 5.61. The number of aliphatic carboxylic acids is 1. The lowest BCUT2D eigenvalue weighted by atomic mass is 9.98. The Labute approximate surface area is 226 Å². The lowest BCUT2D eigenvalue weighted by Crippen LogP contribution is -2.42. The molecule has 0 radical (unpaired) electrons. The van der Waals surface area contributed by atoms with E-state index in [0.29, 0.717) is 40.8 Å². The number of amides is 1. The summed E-state index contributed by atoms with van der Waals surface area (Å²) >= 11 is 6.13. The number of carboxylic acid groups (broad SMARTS) is 1. The number of carbonyl (C=O) groups excluding carboxylic acids is 1. The first-order valence-electron chi connectivity index (χ1n) is 12.3. The molecule has 9 heteroatoms. The summed E-state index contributed by atoms with van der Waals surface area (Å²) in [5, 5.41) is 16.2. The molecule has 1 atom stereocenters. The molecule has 38 heavy (non-hydrogen) atoms. The summed E-state index contributed by atoms with van der Waals surface area (Å²) in [7, 11) is 0. The normalized spacial score (nSPS) is 11.7. The fourth-order valence-corrected chi connectivity index (χ4v) is 4.51. The number of aromatic nitrogens is 2. The monoisotopic (exact) mass is 532 g/mol. The van der Waals surface area contributed by atoms with Crippen LogP contribution in [0.1, 0.15) is 45.4 Å². The van der Waals surface area contributed by atoms with Gasteiger partial charge in [0.1, 0.15) is 11.9 Å². The molecule has 0 saturated heterocycles. The molecule has 0 aliphatic heterocycles. The van der Waals surface area contributed by atoms with Gasteiger partial charge >= 0.3 is 5.97 Å². The molecule has 3 N–H and O–H groups in total. The van der Waals surface area contributed by atoms with Crippen LogP contribution in [0.5, 0.6) is 0 Å². The van der Waals surface area contributed by atoms with Crippen LogP contribution in [-0.4, -0.2) is 33.0 Å². The Bertz CT molecular complexity index is 1450. The maximum atomic E-state index is 13.0. The van der Waals surface area contributed by atoms with Crippen LogP contribution in [0, 0.1) is 13.8 Å². The van der Waals surface area contributed by atoms with Gasteiger partial charge in [0.2, 0.25) is 5.89 Å². The van der Waals surface area contributed by atoms with Gasteiger partial charge in [-0.15, -0.1) is 0 Å². The van der Waals surface area contributed by atoms with Gasteiger partial charge in [-0.25, -0.2) is 14.8 Å². The number of hydrogen-bond donors (Lipinski definition) is 3. The number of nitrogens with zero attached hydrogens (tertiary/aromatic N) is 2. The number of halogens is 1. The highest BCUT2D eigenvalue weighted by atomic mass is 35.5. The number of anilines is 1. The molecular weight excluding hydrogens is 504 g/mol. The van der Waals surface area contributed by atoms with Gasteiger partial charge in [-0.1, -0.05) is 42.8 Å². The molecule has 2 heterocycles. The van der Waals surface area contributed by atoms with Crippen LogP contribution in [0.4, 0.5) is 5.82 Å². The second kappa shape index (κ2) is 11.9.